The second kappa shape index (κ2) is 6.24. The maximum absolute atomic E-state index is 12.0. The van der Waals surface area contributed by atoms with E-state index in [1.807, 2.05) is 25.1 Å². The van der Waals surface area contributed by atoms with Crippen molar-refractivity contribution in [2.45, 2.75) is 12.5 Å². The number of ether oxygens (including phenoxy) is 1. The van der Waals surface area contributed by atoms with Crippen molar-refractivity contribution in [2.75, 3.05) is 13.7 Å². The van der Waals surface area contributed by atoms with Crippen LogP contribution < -0.4 is 5.32 Å². The number of carbonyl (C=O) groups is 1. The largest absolute Gasteiger partial charge is 0.372 e. The smallest absolute Gasteiger partial charge is 0.273 e. The van der Waals surface area contributed by atoms with Crippen molar-refractivity contribution in [3.8, 4) is 0 Å². The minimum Gasteiger partial charge on any atom is -0.372 e. The Morgan fingerprint density at radius 3 is 2.86 bits per heavy atom. The maximum atomic E-state index is 12.0. The summed E-state index contributed by atoms with van der Waals surface area (Å²) in [4.78, 5) is 12.0. The van der Waals surface area contributed by atoms with Gasteiger partial charge in [0.05, 0.1) is 12.7 Å². The van der Waals surface area contributed by atoms with Gasteiger partial charge in [0.25, 0.3) is 5.91 Å². The number of aromatic nitrogens is 3. The molecule has 7 heteroatoms. The van der Waals surface area contributed by atoms with E-state index >= 15 is 0 Å². The fraction of sp³-hybridized carbons (Fsp3) is 0.357. The van der Waals surface area contributed by atoms with Gasteiger partial charge in [0.1, 0.15) is 5.60 Å². The van der Waals surface area contributed by atoms with Gasteiger partial charge in [0, 0.05) is 19.2 Å². The molecule has 0 saturated carbocycles. The predicted molar refractivity (Wildman–Crippen MR) is 79.1 cm³/mol. The number of aryl methyl sites for hydroxylation is 1. The highest BCUT2D eigenvalue weighted by molar-refractivity contribution is 6.30. The first-order valence-electron chi connectivity index (χ1n) is 6.40. The van der Waals surface area contributed by atoms with Gasteiger partial charge in [-0.2, -0.15) is 0 Å². The molecule has 0 fully saturated rings. The highest BCUT2D eigenvalue weighted by atomic mass is 35.5. The average Bonchev–Trinajstić information content (AvgIpc) is 2.91. The van der Waals surface area contributed by atoms with E-state index in [0.29, 0.717) is 11.6 Å². The summed E-state index contributed by atoms with van der Waals surface area (Å²) in [6.45, 7) is 2.18. The summed E-state index contributed by atoms with van der Waals surface area (Å²) in [5.41, 5.74) is 0.474. The molecule has 0 spiro atoms. The fourth-order valence-corrected chi connectivity index (χ4v) is 2.09. The Morgan fingerprint density at radius 2 is 2.29 bits per heavy atom. The Kier molecular flexibility index (Phi) is 4.59. The molecule has 1 aromatic carbocycles. The van der Waals surface area contributed by atoms with Crippen LogP contribution in [0, 0.1) is 0 Å². The molecule has 1 heterocycles. The second-order valence-corrected chi connectivity index (χ2v) is 5.34. The van der Waals surface area contributed by atoms with E-state index in [1.165, 1.54) is 4.68 Å². The van der Waals surface area contributed by atoms with Crippen LogP contribution in [0.2, 0.25) is 5.02 Å². The Bertz CT molecular complexity index is 643. The van der Waals surface area contributed by atoms with Crippen molar-refractivity contribution >= 4 is 17.5 Å². The van der Waals surface area contributed by atoms with Crippen LogP contribution in [0.4, 0.5) is 0 Å². The summed E-state index contributed by atoms with van der Waals surface area (Å²) < 4.78 is 7.03. The third-order valence-corrected chi connectivity index (χ3v) is 3.54. The van der Waals surface area contributed by atoms with Crippen LogP contribution in [0.15, 0.2) is 30.5 Å². The van der Waals surface area contributed by atoms with E-state index in [2.05, 4.69) is 15.6 Å². The molecule has 0 bridgehead atoms. The van der Waals surface area contributed by atoms with E-state index in [0.717, 1.165) is 5.56 Å². The van der Waals surface area contributed by atoms with Gasteiger partial charge in [-0.3, -0.25) is 9.48 Å². The molecular weight excluding hydrogens is 292 g/mol. The number of halogens is 1. The van der Waals surface area contributed by atoms with Crippen LogP contribution in [0.5, 0.6) is 0 Å². The fourth-order valence-electron chi connectivity index (χ4n) is 1.90. The normalized spacial score (nSPS) is 13.7. The van der Waals surface area contributed by atoms with Gasteiger partial charge in [0.15, 0.2) is 5.69 Å². The number of nitrogens with one attached hydrogen (secondary N) is 1. The number of nitrogens with zero attached hydrogens (tertiary/aromatic N) is 3. The number of hydrogen-bond donors (Lipinski definition) is 1. The van der Waals surface area contributed by atoms with Crippen LogP contribution in [0.1, 0.15) is 23.0 Å². The molecule has 1 atom stereocenters. The molecule has 1 N–H and O–H groups in total. The van der Waals surface area contributed by atoms with Gasteiger partial charge in [-0.05, 0) is 24.6 Å². The summed E-state index contributed by atoms with van der Waals surface area (Å²) in [5.74, 6) is -0.298. The zero-order valence-corrected chi connectivity index (χ0v) is 12.9. The summed E-state index contributed by atoms with van der Waals surface area (Å²) in [5, 5.41) is 10.9. The van der Waals surface area contributed by atoms with Crippen molar-refractivity contribution in [2.24, 2.45) is 7.05 Å². The van der Waals surface area contributed by atoms with Crippen LogP contribution in [-0.2, 0) is 17.4 Å². The molecule has 6 nitrogen and oxygen atoms in total. The Hall–Kier alpha value is -1.92. The lowest BCUT2D eigenvalue weighted by atomic mass is 9.95. The molecule has 112 valence electrons. The number of benzene rings is 1. The summed E-state index contributed by atoms with van der Waals surface area (Å²) in [6.07, 6.45) is 1.55. The van der Waals surface area contributed by atoms with E-state index in [1.54, 1.807) is 26.4 Å². The predicted octanol–water partition coefficient (Wildman–Crippen LogP) is 1.76. The second-order valence-electron chi connectivity index (χ2n) is 4.91. The molecule has 0 aliphatic rings. The van der Waals surface area contributed by atoms with E-state index in [9.17, 15) is 4.79 Å². The van der Waals surface area contributed by atoms with Gasteiger partial charge >= 0.3 is 0 Å². The quantitative estimate of drug-likeness (QED) is 0.914. The molecule has 0 aliphatic heterocycles. The van der Waals surface area contributed by atoms with Gasteiger partial charge in [-0.1, -0.05) is 28.9 Å². The third kappa shape index (κ3) is 3.59. The first-order valence-corrected chi connectivity index (χ1v) is 6.78. The van der Waals surface area contributed by atoms with E-state index < -0.39 is 5.60 Å². The van der Waals surface area contributed by atoms with E-state index in [-0.39, 0.29) is 11.6 Å². The zero-order chi connectivity index (χ0) is 15.5. The van der Waals surface area contributed by atoms with Gasteiger partial charge in [-0.15, -0.1) is 5.10 Å². The van der Waals surface area contributed by atoms with Crippen molar-refractivity contribution < 1.29 is 9.53 Å². The molecule has 0 saturated heterocycles. The van der Waals surface area contributed by atoms with Crippen LogP contribution in [-0.4, -0.2) is 34.6 Å². The highest BCUT2D eigenvalue weighted by Crippen LogP contribution is 2.26. The highest BCUT2D eigenvalue weighted by Gasteiger charge is 2.27. The van der Waals surface area contributed by atoms with Gasteiger partial charge in [0.2, 0.25) is 0 Å². The number of amides is 1. The summed E-state index contributed by atoms with van der Waals surface area (Å²) in [6, 6.07) is 7.36. The van der Waals surface area contributed by atoms with E-state index in [4.69, 9.17) is 16.3 Å². The third-order valence-electron chi connectivity index (χ3n) is 3.31. The Labute approximate surface area is 128 Å². The first kappa shape index (κ1) is 15.5. The Morgan fingerprint density at radius 1 is 1.52 bits per heavy atom. The lowest BCUT2D eigenvalue weighted by Gasteiger charge is -2.29. The molecule has 1 aromatic heterocycles. The molecular formula is C14H17ClN4O2. The topological polar surface area (TPSA) is 69.0 Å². The maximum Gasteiger partial charge on any atom is 0.273 e. The number of carbonyl (C=O) groups excluding carboxylic acids is 1. The molecule has 0 unspecified atom stereocenters. The van der Waals surface area contributed by atoms with Crippen molar-refractivity contribution in [1.29, 1.82) is 0 Å². The lowest BCUT2D eigenvalue weighted by Crippen LogP contribution is -2.40. The van der Waals surface area contributed by atoms with Gasteiger partial charge in [-0.25, -0.2) is 0 Å². The lowest BCUT2D eigenvalue weighted by molar-refractivity contribution is 0.00311. The summed E-state index contributed by atoms with van der Waals surface area (Å²) in [7, 11) is 3.30. The molecule has 2 aromatic rings. The average molecular weight is 309 g/mol. The summed E-state index contributed by atoms with van der Waals surface area (Å²) >= 11 is 6.01. The molecule has 2 rings (SSSR count). The molecule has 21 heavy (non-hydrogen) atoms. The van der Waals surface area contributed by atoms with Crippen molar-refractivity contribution in [1.82, 2.24) is 20.3 Å². The van der Waals surface area contributed by atoms with Crippen molar-refractivity contribution in [3.05, 3.63) is 46.7 Å². The number of hydrogen-bond acceptors (Lipinski definition) is 4. The zero-order valence-electron chi connectivity index (χ0n) is 12.1. The number of rotatable bonds is 5. The van der Waals surface area contributed by atoms with Gasteiger partial charge < -0.3 is 10.1 Å². The standard InChI is InChI=1S/C14H17ClN4O2/c1-14(21-3,10-5-4-6-11(15)7-10)9-16-13(20)12-8-19(2)18-17-12/h4-8H,9H2,1-3H3,(H,16,20)/t14-/m0/s1. The number of methoxy groups -OCH3 is 1. The van der Waals surface area contributed by atoms with Crippen molar-refractivity contribution in [3.63, 3.8) is 0 Å². The molecule has 0 radical (unpaired) electrons. The van der Waals surface area contributed by atoms with Crippen LogP contribution in [0.25, 0.3) is 0 Å². The van der Waals surface area contributed by atoms with Crippen LogP contribution in [0.3, 0.4) is 0 Å². The monoisotopic (exact) mass is 308 g/mol. The SMILES string of the molecule is CO[C@@](C)(CNC(=O)c1cn(C)nn1)c1cccc(Cl)c1. The Balaban J connectivity index is 2.10. The minimum absolute atomic E-state index is 0.266. The minimum atomic E-state index is -0.678. The molecule has 1 amide bonds. The molecule has 0 aliphatic carbocycles. The van der Waals surface area contributed by atoms with Crippen LogP contribution >= 0.6 is 11.6 Å². The first-order chi connectivity index (χ1) is 9.94.